The van der Waals surface area contributed by atoms with Gasteiger partial charge >= 0.3 is 0 Å². The molecule has 0 spiro atoms. The van der Waals surface area contributed by atoms with E-state index in [0.717, 1.165) is 38.5 Å². The summed E-state index contributed by atoms with van der Waals surface area (Å²) in [5.41, 5.74) is 2.47. The van der Waals surface area contributed by atoms with Crippen molar-refractivity contribution in [2.24, 2.45) is 5.84 Å². The molecule has 1 aliphatic rings. The maximum absolute atomic E-state index is 5.29. The van der Waals surface area contributed by atoms with Gasteiger partial charge in [-0.3, -0.25) is 5.43 Å². The number of likely N-dealkylation sites (N-methyl/N-ethyl adjacent to an activating group) is 1. The van der Waals surface area contributed by atoms with Gasteiger partial charge in [-0.2, -0.15) is 4.98 Å². The first-order valence-corrected chi connectivity index (χ1v) is 5.60. The van der Waals surface area contributed by atoms with Crippen LogP contribution >= 0.6 is 0 Å². The molecule has 3 N–H and O–H groups in total. The topological polar surface area (TPSA) is 70.3 Å². The first-order chi connectivity index (χ1) is 7.83. The fraction of sp³-hybridized carbons (Fsp3) is 0.600. The highest BCUT2D eigenvalue weighted by Gasteiger charge is 2.16. The minimum absolute atomic E-state index is 0.468. The molecule has 0 aromatic carbocycles. The Morgan fingerprint density at radius 2 is 2.12 bits per heavy atom. The minimum atomic E-state index is 0.468. The van der Waals surface area contributed by atoms with Crippen LogP contribution in [0.2, 0.25) is 0 Å². The van der Waals surface area contributed by atoms with E-state index in [1.54, 1.807) is 6.20 Å². The fourth-order valence-corrected chi connectivity index (χ4v) is 1.89. The van der Waals surface area contributed by atoms with Crippen LogP contribution in [-0.2, 0) is 0 Å². The lowest BCUT2D eigenvalue weighted by Crippen LogP contribution is -2.46. The van der Waals surface area contributed by atoms with Crippen molar-refractivity contribution in [1.82, 2.24) is 14.9 Å². The zero-order valence-electron chi connectivity index (χ0n) is 9.56. The van der Waals surface area contributed by atoms with Crippen molar-refractivity contribution in [1.29, 1.82) is 0 Å². The monoisotopic (exact) mass is 222 g/mol. The second-order valence-electron chi connectivity index (χ2n) is 3.80. The Balaban J connectivity index is 2.02. The molecular formula is C10H18N6. The minimum Gasteiger partial charge on any atom is -0.354 e. The molecule has 0 radical (unpaired) electrons. The van der Waals surface area contributed by atoms with Crippen molar-refractivity contribution < 1.29 is 0 Å². The molecule has 16 heavy (non-hydrogen) atoms. The average Bonchev–Trinajstić information content (AvgIpc) is 2.39. The summed E-state index contributed by atoms with van der Waals surface area (Å²) in [6.45, 7) is 7.51. The maximum atomic E-state index is 5.29. The van der Waals surface area contributed by atoms with Gasteiger partial charge < -0.3 is 9.80 Å². The fourth-order valence-electron chi connectivity index (χ4n) is 1.89. The van der Waals surface area contributed by atoms with E-state index < -0.39 is 0 Å². The van der Waals surface area contributed by atoms with Gasteiger partial charge in [-0.15, -0.1) is 0 Å². The van der Waals surface area contributed by atoms with Crippen LogP contribution in [0.3, 0.4) is 0 Å². The third-order valence-corrected chi connectivity index (χ3v) is 2.91. The van der Waals surface area contributed by atoms with Crippen molar-refractivity contribution in [3.05, 3.63) is 12.3 Å². The second kappa shape index (κ2) is 5.09. The van der Waals surface area contributed by atoms with E-state index in [2.05, 4.69) is 32.1 Å². The third-order valence-electron chi connectivity index (χ3n) is 2.91. The van der Waals surface area contributed by atoms with E-state index in [4.69, 9.17) is 5.84 Å². The molecule has 1 aromatic rings. The summed E-state index contributed by atoms with van der Waals surface area (Å²) in [5.74, 6) is 6.70. The van der Waals surface area contributed by atoms with Crippen LogP contribution in [0, 0.1) is 0 Å². The van der Waals surface area contributed by atoms with Crippen molar-refractivity contribution in [3.63, 3.8) is 0 Å². The molecule has 0 amide bonds. The Bertz CT molecular complexity index is 334. The van der Waals surface area contributed by atoms with Crippen LogP contribution < -0.4 is 16.2 Å². The zero-order chi connectivity index (χ0) is 11.4. The number of aromatic nitrogens is 2. The lowest BCUT2D eigenvalue weighted by Gasteiger charge is -2.34. The van der Waals surface area contributed by atoms with Crippen molar-refractivity contribution in [2.75, 3.05) is 43.0 Å². The average molecular weight is 222 g/mol. The number of piperazine rings is 1. The van der Waals surface area contributed by atoms with Gasteiger partial charge in [-0.05, 0) is 12.6 Å². The smallest absolute Gasteiger partial charge is 0.239 e. The number of nitrogen functional groups attached to an aromatic ring is 1. The summed E-state index contributed by atoms with van der Waals surface area (Å²) in [6, 6.07) is 1.92. The van der Waals surface area contributed by atoms with Gasteiger partial charge in [-0.1, -0.05) is 6.92 Å². The lowest BCUT2D eigenvalue weighted by molar-refractivity contribution is 0.270. The summed E-state index contributed by atoms with van der Waals surface area (Å²) in [5, 5.41) is 0. The molecule has 2 heterocycles. The van der Waals surface area contributed by atoms with Gasteiger partial charge in [0.15, 0.2) is 0 Å². The number of hydrogen-bond acceptors (Lipinski definition) is 6. The SMILES string of the molecule is CCN1CCN(c2ccnc(NN)n2)CC1. The van der Waals surface area contributed by atoms with Crippen molar-refractivity contribution >= 4 is 11.8 Å². The summed E-state index contributed by atoms with van der Waals surface area (Å²) < 4.78 is 0. The van der Waals surface area contributed by atoms with Crippen LogP contribution in [0.4, 0.5) is 11.8 Å². The Morgan fingerprint density at radius 3 is 2.75 bits per heavy atom. The Hall–Kier alpha value is -1.40. The molecule has 1 saturated heterocycles. The van der Waals surface area contributed by atoms with E-state index in [1.807, 2.05) is 6.07 Å². The first-order valence-electron chi connectivity index (χ1n) is 5.60. The molecule has 0 aliphatic carbocycles. The van der Waals surface area contributed by atoms with E-state index in [-0.39, 0.29) is 0 Å². The highest BCUT2D eigenvalue weighted by atomic mass is 15.3. The number of hydrogen-bond donors (Lipinski definition) is 2. The van der Waals surface area contributed by atoms with Crippen molar-refractivity contribution in [3.8, 4) is 0 Å². The zero-order valence-corrected chi connectivity index (χ0v) is 9.56. The van der Waals surface area contributed by atoms with Crippen LogP contribution in [-0.4, -0.2) is 47.6 Å². The van der Waals surface area contributed by atoms with E-state index >= 15 is 0 Å². The highest BCUT2D eigenvalue weighted by molar-refractivity contribution is 5.42. The molecule has 0 atom stereocenters. The van der Waals surface area contributed by atoms with Crippen LogP contribution in [0.5, 0.6) is 0 Å². The Labute approximate surface area is 95.4 Å². The number of anilines is 2. The van der Waals surface area contributed by atoms with Gasteiger partial charge in [0.05, 0.1) is 0 Å². The Kier molecular flexibility index (Phi) is 3.53. The van der Waals surface area contributed by atoms with Gasteiger partial charge in [0, 0.05) is 32.4 Å². The number of rotatable bonds is 3. The standard InChI is InChI=1S/C10H18N6/c1-2-15-5-7-16(8-6-15)9-3-4-12-10(13-9)14-11/h3-4H,2,5-8,11H2,1H3,(H,12,13,14). The summed E-state index contributed by atoms with van der Waals surface area (Å²) in [4.78, 5) is 13.0. The van der Waals surface area contributed by atoms with Crippen LogP contribution in [0.1, 0.15) is 6.92 Å². The lowest BCUT2D eigenvalue weighted by atomic mass is 10.3. The number of nitrogens with one attached hydrogen (secondary N) is 1. The number of nitrogens with zero attached hydrogens (tertiary/aromatic N) is 4. The Morgan fingerprint density at radius 1 is 1.38 bits per heavy atom. The maximum Gasteiger partial charge on any atom is 0.239 e. The molecular weight excluding hydrogens is 204 g/mol. The van der Waals surface area contributed by atoms with Crippen LogP contribution in [0.25, 0.3) is 0 Å². The van der Waals surface area contributed by atoms with E-state index in [1.165, 1.54) is 0 Å². The van der Waals surface area contributed by atoms with Gasteiger partial charge in [0.25, 0.3) is 0 Å². The number of nitrogens with two attached hydrogens (primary N) is 1. The van der Waals surface area contributed by atoms with Gasteiger partial charge in [0.1, 0.15) is 5.82 Å². The second-order valence-corrected chi connectivity index (χ2v) is 3.80. The molecule has 0 unspecified atom stereocenters. The summed E-state index contributed by atoms with van der Waals surface area (Å²) in [6.07, 6.45) is 1.73. The van der Waals surface area contributed by atoms with E-state index in [9.17, 15) is 0 Å². The molecule has 1 aromatic heterocycles. The normalized spacial score (nSPS) is 17.5. The molecule has 6 heteroatoms. The van der Waals surface area contributed by atoms with E-state index in [0.29, 0.717) is 5.95 Å². The molecule has 6 nitrogen and oxygen atoms in total. The molecule has 0 saturated carbocycles. The quantitative estimate of drug-likeness (QED) is 0.550. The predicted octanol–water partition coefficient (Wildman–Crippen LogP) is -0.0959. The molecule has 1 fully saturated rings. The first kappa shape index (κ1) is 11.1. The molecule has 1 aliphatic heterocycles. The molecule has 2 rings (SSSR count). The van der Waals surface area contributed by atoms with Gasteiger partial charge in [-0.25, -0.2) is 10.8 Å². The highest BCUT2D eigenvalue weighted by Crippen LogP contribution is 2.13. The number of hydrazine groups is 1. The van der Waals surface area contributed by atoms with Crippen molar-refractivity contribution in [2.45, 2.75) is 6.92 Å². The van der Waals surface area contributed by atoms with Gasteiger partial charge in [0.2, 0.25) is 5.95 Å². The summed E-state index contributed by atoms with van der Waals surface area (Å²) >= 11 is 0. The molecule has 88 valence electrons. The largest absolute Gasteiger partial charge is 0.354 e. The van der Waals surface area contributed by atoms with Crippen LogP contribution in [0.15, 0.2) is 12.3 Å². The molecule has 0 bridgehead atoms. The third kappa shape index (κ3) is 2.40. The summed E-state index contributed by atoms with van der Waals surface area (Å²) in [7, 11) is 0. The predicted molar refractivity (Wildman–Crippen MR) is 64.2 cm³/mol.